The fourth-order valence-corrected chi connectivity index (χ4v) is 2.39. The zero-order valence-corrected chi connectivity index (χ0v) is 13.5. The van der Waals surface area contributed by atoms with Gasteiger partial charge in [0.25, 0.3) is 11.8 Å². The zero-order valence-electron chi connectivity index (χ0n) is 13.5. The molecule has 1 saturated heterocycles. The van der Waals surface area contributed by atoms with Gasteiger partial charge in [-0.2, -0.15) is 0 Å². The molecule has 1 atom stereocenters. The standard InChI is InChI=1S/C14H15N3O4.C2H6/c1-3-7-11(8(15)4-2)14(21)17(13(7)20)9-5-6-10(18)16-12(9)19;1-2/h3-4,9H,1,5-6,15H2,2H3,(H,16,18,19);1-2H3/b8-4+;. The van der Waals surface area contributed by atoms with E-state index in [1.54, 1.807) is 6.92 Å². The summed E-state index contributed by atoms with van der Waals surface area (Å²) in [6.07, 6.45) is 2.93. The highest BCUT2D eigenvalue weighted by Gasteiger charge is 2.45. The monoisotopic (exact) mass is 319 g/mol. The van der Waals surface area contributed by atoms with Crippen molar-refractivity contribution in [1.29, 1.82) is 0 Å². The number of allylic oxidation sites excluding steroid dienone is 1. The van der Waals surface area contributed by atoms with Gasteiger partial charge in [0.1, 0.15) is 6.04 Å². The van der Waals surface area contributed by atoms with Gasteiger partial charge in [-0.25, -0.2) is 0 Å². The second-order valence-electron chi connectivity index (χ2n) is 4.68. The lowest BCUT2D eigenvalue weighted by molar-refractivity contribution is -0.149. The van der Waals surface area contributed by atoms with Gasteiger partial charge in [0, 0.05) is 12.1 Å². The smallest absolute Gasteiger partial charge is 0.264 e. The molecule has 0 saturated carbocycles. The van der Waals surface area contributed by atoms with E-state index < -0.39 is 29.7 Å². The summed E-state index contributed by atoms with van der Waals surface area (Å²) < 4.78 is 0. The predicted octanol–water partition coefficient (Wildman–Crippen LogP) is 0.532. The average Bonchev–Trinajstić information content (AvgIpc) is 2.79. The Morgan fingerprint density at radius 1 is 1.26 bits per heavy atom. The Bertz CT molecular complexity index is 631. The number of nitrogens with one attached hydrogen (secondary N) is 1. The van der Waals surface area contributed by atoms with Crippen molar-refractivity contribution < 1.29 is 19.2 Å². The third kappa shape index (κ3) is 3.23. The van der Waals surface area contributed by atoms with E-state index >= 15 is 0 Å². The fourth-order valence-electron chi connectivity index (χ4n) is 2.39. The Morgan fingerprint density at radius 2 is 1.87 bits per heavy atom. The minimum atomic E-state index is -1.00. The maximum Gasteiger partial charge on any atom is 0.264 e. The van der Waals surface area contributed by atoms with Crippen molar-refractivity contribution in [1.82, 2.24) is 10.2 Å². The van der Waals surface area contributed by atoms with Gasteiger partial charge in [0.15, 0.2) is 0 Å². The number of hydrogen-bond acceptors (Lipinski definition) is 5. The van der Waals surface area contributed by atoms with Crippen LogP contribution in [0.15, 0.2) is 35.6 Å². The van der Waals surface area contributed by atoms with Gasteiger partial charge in [-0.3, -0.25) is 29.4 Å². The molecular weight excluding hydrogens is 298 g/mol. The third-order valence-corrected chi connectivity index (χ3v) is 3.48. The molecule has 1 unspecified atom stereocenters. The number of nitrogens with zero attached hydrogens (tertiary/aromatic N) is 1. The van der Waals surface area contributed by atoms with Crippen LogP contribution in [0.1, 0.15) is 33.6 Å². The molecule has 7 heteroatoms. The summed E-state index contributed by atoms with van der Waals surface area (Å²) in [6, 6.07) is -1.00. The minimum Gasteiger partial charge on any atom is -0.398 e. The van der Waals surface area contributed by atoms with Crippen LogP contribution >= 0.6 is 0 Å². The number of carbonyl (C=O) groups excluding carboxylic acids is 4. The van der Waals surface area contributed by atoms with E-state index in [-0.39, 0.29) is 29.7 Å². The van der Waals surface area contributed by atoms with Gasteiger partial charge in [0.2, 0.25) is 11.8 Å². The summed E-state index contributed by atoms with van der Waals surface area (Å²) in [5.74, 6) is -2.33. The Kier molecular flexibility index (Phi) is 6.01. The summed E-state index contributed by atoms with van der Waals surface area (Å²) >= 11 is 0. The van der Waals surface area contributed by atoms with E-state index in [9.17, 15) is 19.2 Å². The second kappa shape index (κ2) is 7.53. The van der Waals surface area contributed by atoms with E-state index in [0.29, 0.717) is 0 Å². The molecule has 23 heavy (non-hydrogen) atoms. The van der Waals surface area contributed by atoms with Crippen molar-refractivity contribution in [3.63, 3.8) is 0 Å². The number of amides is 4. The first kappa shape index (κ1) is 18.3. The summed E-state index contributed by atoms with van der Waals surface area (Å²) in [5, 5.41) is 2.12. The molecule has 0 aromatic heterocycles. The Hall–Kier alpha value is -2.70. The molecule has 2 aliphatic heterocycles. The second-order valence-corrected chi connectivity index (χ2v) is 4.68. The van der Waals surface area contributed by atoms with Crippen molar-refractivity contribution in [2.24, 2.45) is 5.73 Å². The van der Waals surface area contributed by atoms with Crippen LogP contribution in [-0.4, -0.2) is 34.6 Å². The quantitative estimate of drug-likeness (QED) is 0.738. The number of hydrogen-bond donors (Lipinski definition) is 2. The van der Waals surface area contributed by atoms with Crippen LogP contribution in [0.4, 0.5) is 0 Å². The molecular formula is C16H21N3O4. The van der Waals surface area contributed by atoms with Crippen LogP contribution in [0.25, 0.3) is 0 Å². The van der Waals surface area contributed by atoms with Gasteiger partial charge >= 0.3 is 0 Å². The Morgan fingerprint density at radius 3 is 2.35 bits per heavy atom. The van der Waals surface area contributed by atoms with Crippen molar-refractivity contribution in [2.45, 2.75) is 39.7 Å². The highest BCUT2D eigenvalue weighted by atomic mass is 16.2. The van der Waals surface area contributed by atoms with E-state index in [1.807, 2.05) is 13.8 Å². The molecule has 0 bridgehead atoms. The Labute approximate surface area is 134 Å². The summed E-state index contributed by atoms with van der Waals surface area (Å²) in [5.41, 5.74) is 6.01. The molecule has 0 spiro atoms. The number of nitrogens with two attached hydrogens (primary N) is 1. The van der Waals surface area contributed by atoms with Crippen LogP contribution in [0, 0.1) is 0 Å². The van der Waals surface area contributed by atoms with E-state index in [2.05, 4.69) is 11.9 Å². The third-order valence-electron chi connectivity index (χ3n) is 3.48. The Balaban J connectivity index is 0.00000127. The number of carbonyl (C=O) groups is 4. The molecule has 3 N–H and O–H groups in total. The van der Waals surface area contributed by atoms with Crippen molar-refractivity contribution in [3.8, 4) is 0 Å². The van der Waals surface area contributed by atoms with Crippen molar-refractivity contribution in [2.75, 3.05) is 0 Å². The lowest BCUT2D eigenvalue weighted by Gasteiger charge is -2.28. The average molecular weight is 319 g/mol. The molecule has 0 aromatic rings. The highest BCUT2D eigenvalue weighted by Crippen LogP contribution is 2.29. The SMILES string of the molecule is C=CC1=C(/C(N)=C\C)C(=O)N(C2CCC(=O)NC2=O)C1=O.CC. The number of piperidine rings is 1. The molecule has 1 fully saturated rings. The van der Waals surface area contributed by atoms with E-state index in [4.69, 9.17) is 5.73 Å². The molecule has 0 radical (unpaired) electrons. The predicted molar refractivity (Wildman–Crippen MR) is 84.5 cm³/mol. The van der Waals surface area contributed by atoms with Crippen LogP contribution in [-0.2, 0) is 19.2 Å². The van der Waals surface area contributed by atoms with Crippen LogP contribution in [0.2, 0.25) is 0 Å². The molecule has 2 aliphatic rings. The summed E-state index contributed by atoms with van der Waals surface area (Å²) in [7, 11) is 0. The lowest BCUT2D eigenvalue weighted by Crippen LogP contribution is -2.54. The minimum absolute atomic E-state index is 0.0437. The summed E-state index contributed by atoms with van der Waals surface area (Å²) in [6.45, 7) is 9.14. The molecule has 4 amide bonds. The molecule has 124 valence electrons. The topological polar surface area (TPSA) is 110 Å². The fraction of sp³-hybridized carbons (Fsp3) is 0.375. The number of rotatable bonds is 3. The van der Waals surface area contributed by atoms with Crippen molar-refractivity contribution >= 4 is 23.6 Å². The first-order chi connectivity index (χ1) is 10.9. The van der Waals surface area contributed by atoms with Crippen molar-refractivity contribution in [3.05, 3.63) is 35.6 Å². The zero-order chi connectivity index (χ0) is 17.7. The van der Waals surface area contributed by atoms with E-state index in [0.717, 1.165) is 4.90 Å². The highest BCUT2D eigenvalue weighted by molar-refractivity contribution is 6.24. The summed E-state index contributed by atoms with van der Waals surface area (Å²) in [4.78, 5) is 48.6. The van der Waals surface area contributed by atoms with Crippen LogP contribution in [0.3, 0.4) is 0 Å². The normalized spacial score (nSPS) is 22.0. The first-order valence-electron chi connectivity index (χ1n) is 7.42. The van der Waals surface area contributed by atoms with Gasteiger partial charge in [0.05, 0.1) is 11.1 Å². The van der Waals surface area contributed by atoms with Gasteiger partial charge in [-0.05, 0) is 13.3 Å². The first-order valence-corrected chi connectivity index (χ1v) is 7.42. The molecule has 2 heterocycles. The molecule has 2 rings (SSSR count). The molecule has 7 nitrogen and oxygen atoms in total. The number of imide groups is 2. The largest absolute Gasteiger partial charge is 0.398 e. The van der Waals surface area contributed by atoms with Crippen LogP contribution in [0.5, 0.6) is 0 Å². The van der Waals surface area contributed by atoms with E-state index in [1.165, 1.54) is 12.2 Å². The molecule has 0 aliphatic carbocycles. The van der Waals surface area contributed by atoms with Crippen LogP contribution < -0.4 is 11.1 Å². The lowest BCUT2D eigenvalue weighted by atomic mass is 10.0. The van der Waals surface area contributed by atoms with Gasteiger partial charge in [-0.1, -0.05) is 32.6 Å². The maximum absolute atomic E-state index is 12.4. The maximum atomic E-state index is 12.4. The molecule has 0 aromatic carbocycles. The van der Waals surface area contributed by atoms with Gasteiger partial charge < -0.3 is 5.73 Å². The van der Waals surface area contributed by atoms with Gasteiger partial charge in [-0.15, -0.1) is 0 Å².